The van der Waals surface area contributed by atoms with Crippen molar-refractivity contribution in [2.45, 2.75) is 52.5 Å². The molecule has 1 aromatic heterocycles. The molecule has 0 N–H and O–H groups in total. The van der Waals surface area contributed by atoms with Gasteiger partial charge in [-0.05, 0) is 62.8 Å². The van der Waals surface area contributed by atoms with Crippen molar-refractivity contribution in [2.75, 3.05) is 11.4 Å². The highest BCUT2D eigenvalue weighted by Crippen LogP contribution is 2.39. The molecule has 0 saturated carbocycles. The minimum Gasteiger partial charge on any atom is -0.434 e. The Labute approximate surface area is 153 Å². The lowest BCUT2D eigenvalue weighted by Gasteiger charge is -2.35. The van der Waals surface area contributed by atoms with Gasteiger partial charge in [0.2, 0.25) is 5.82 Å². The normalized spacial score (nSPS) is 17.2. The fourth-order valence-corrected chi connectivity index (χ4v) is 3.61. The molecule has 1 unspecified atom stereocenters. The lowest BCUT2D eigenvalue weighted by molar-refractivity contribution is -0.385. The number of hydrogen-bond acceptors (Lipinski definition) is 6. The molecule has 7 heteroatoms. The minimum atomic E-state index is -0.436. The standard InChI is InChI=1S/C19H24N4O3/c1-4-15-7-5-6-8-22(15)18-17(23(24)25)19(21-12-20-18)26-16-10-13(2)9-14(3)11-16/h9-12,15H,4-8H2,1-3H3. The Morgan fingerprint density at radius 3 is 2.62 bits per heavy atom. The first-order valence-electron chi connectivity index (χ1n) is 9.01. The molecule has 1 saturated heterocycles. The maximum atomic E-state index is 11.8. The van der Waals surface area contributed by atoms with E-state index in [0.29, 0.717) is 11.6 Å². The van der Waals surface area contributed by atoms with Gasteiger partial charge < -0.3 is 9.64 Å². The van der Waals surface area contributed by atoms with Crippen molar-refractivity contribution < 1.29 is 9.66 Å². The molecule has 0 amide bonds. The summed E-state index contributed by atoms with van der Waals surface area (Å²) in [5.41, 5.74) is 1.89. The Bertz CT molecular complexity index is 789. The van der Waals surface area contributed by atoms with E-state index in [1.807, 2.05) is 36.9 Å². The van der Waals surface area contributed by atoms with E-state index in [0.717, 1.165) is 43.4 Å². The number of rotatable bonds is 5. The summed E-state index contributed by atoms with van der Waals surface area (Å²) in [4.78, 5) is 21.7. The van der Waals surface area contributed by atoms with Crippen LogP contribution in [0.25, 0.3) is 0 Å². The Balaban J connectivity index is 2.02. The topological polar surface area (TPSA) is 81.4 Å². The van der Waals surface area contributed by atoms with Crippen LogP contribution in [0.2, 0.25) is 0 Å². The largest absolute Gasteiger partial charge is 0.434 e. The van der Waals surface area contributed by atoms with Crippen molar-refractivity contribution in [1.82, 2.24) is 9.97 Å². The number of aryl methyl sites for hydroxylation is 2. The average molecular weight is 356 g/mol. The second-order valence-corrected chi connectivity index (χ2v) is 6.78. The number of nitro groups is 1. The van der Waals surface area contributed by atoms with Crippen molar-refractivity contribution in [3.05, 3.63) is 45.8 Å². The summed E-state index contributed by atoms with van der Waals surface area (Å²) in [7, 11) is 0. The van der Waals surface area contributed by atoms with Crippen LogP contribution in [0.15, 0.2) is 24.5 Å². The van der Waals surface area contributed by atoms with E-state index in [9.17, 15) is 10.1 Å². The van der Waals surface area contributed by atoms with Crippen LogP contribution < -0.4 is 9.64 Å². The summed E-state index contributed by atoms with van der Waals surface area (Å²) in [5.74, 6) is 0.891. The summed E-state index contributed by atoms with van der Waals surface area (Å²) in [5, 5.41) is 11.8. The van der Waals surface area contributed by atoms with Gasteiger partial charge in [-0.15, -0.1) is 0 Å². The monoisotopic (exact) mass is 356 g/mol. The molecular formula is C19H24N4O3. The van der Waals surface area contributed by atoms with Crippen LogP contribution in [-0.4, -0.2) is 27.5 Å². The average Bonchev–Trinajstić information content (AvgIpc) is 2.60. The van der Waals surface area contributed by atoms with Gasteiger partial charge >= 0.3 is 11.6 Å². The lowest BCUT2D eigenvalue weighted by Crippen LogP contribution is -2.40. The summed E-state index contributed by atoms with van der Waals surface area (Å²) < 4.78 is 5.81. The number of aromatic nitrogens is 2. The van der Waals surface area contributed by atoms with Gasteiger partial charge in [0, 0.05) is 12.6 Å². The number of nitrogens with zero attached hydrogens (tertiary/aromatic N) is 4. The van der Waals surface area contributed by atoms with E-state index in [1.165, 1.54) is 6.33 Å². The summed E-state index contributed by atoms with van der Waals surface area (Å²) in [6.45, 7) is 6.78. The third-order valence-electron chi connectivity index (χ3n) is 4.73. The summed E-state index contributed by atoms with van der Waals surface area (Å²) in [6.07, 6.45) is 5.44. The molecular weight excluding hydrogens is 332 g/mol. The van der Waals surface area contributed by atoms with Crippen molar-refractivity contribution in [2.24, 2.45) is 0 Å². The summed E-state index contributed by atoms with van der Waals surface area (Å²) in [6, 6.07) is 5.96. The van der Waals surface area contributed by atoms with Crippen molar-refractivity contribution in [3.63, 3.8) is 0 Å². The number of benzene rings is 1. The van der Waals surface area contributed by atoms with Crippen LogP contribution in [0, 0.1) is 24.0 Å². The molecule has 3 rings (SSSR count). The minimum absolute atomic E-state index is 0.00886. The molecule has 138 valence electrons. The molecule has 0 bridgehead atoms. The maximum absolute atomic E-state index is 11.8. The van der Waals surface area contributed by atoms with Gasteiger partial charge in [0.25, 0.3) is 0 Å². The lowest BCUT2D eigenvalue weighted by atomic mass is 10.00. The van der Waals surface area contributed by atoms with Gasteiger partial charge in [-0.2, -0.15) is 4.98 Å². The van der Waals surface area contributed by atoms with Gasteiger partial charge in [0.15, 0.2) is 0 Å². The third-order valence-corrected chi connectivity index (χ3v) is 4.73. The Hall–Kier alpha value is -2.70. The zero-order chi connectivity index (χ0) is 18.7. The molecule has 1 aromatic carbocycles. The van der Waals surface area contributed by atoms with E-state index >= 15 is 0 Å². The van der Waals surface area contributed by atoms with Gasteiger partial charge in [0.05, 0.1) is 4.92 Å². The maximum Gasteiger partial charge on any atom is 0.373 e. The highest BCUT2D eigenvalue weighted by atomic mass is 16.6. The van der Waals surface area contributed by atoms with Gasteiger partial charge in [-0.25, -0.2) is 4.98 Å². The first-order valence-corrected chi connectivity index (χ1v) is 9.01. The highest BCUT2D eigenvalue weighted by molar-refractivity contribution is 5.64. The molecule has 2 aromatic rings. The van der Waals surface area contributed by atoms with E-state index in [4.69, 9.17) is 4.74 Å². The molecule has 1 atom stereocenters. The first-order chi connectivity index (χ1) is 12.5. The van der Waals surface area contributed by atoms with Crippen LogP contribution in [0.3, 0.4) is 0 Å². The number of anilines is 1. The second-order valence-electron chi connectivity index (χ2n) is 6.78. The van der Waals surface area contributed by atoms with E-state index in [1.54, 1.807) is 0 Å². The molecule has 0 aliphatic carbocycles. The molecule has 2 heterocycles. The van der Waals surface area contributed by atoms with Crippen LogP contribution >= 0.6 is 0 Å². The fourth-order valence-electron chi connectivity index (χ4n) is 3.61. The third kappa shape index (κ3) is 3.76. The predicted molar refractivity (Wildman–Crippen MR) is 100.0 cm³/mol. The Morgan fingerprint density at radius 1 is 1.23 bits per heavy atom. The zero-order valence-corrected chi connectivity index (χ0v) is 15.4. The van der Waals surface area contributed by atoms with Gasteiger partial charge in [0.1, 0.15) is 12.1 Å². The Morgan fingerprint density at radius 2 is 1.96 bits per heavy atom. The fraction of sp³-hybridized carbons (Fsp3) is 0.474. The molecule has 0 radical (unpaired) electrons. The number of hydrogen-bond donors (Lipinski definition) is 0. The molecule has 0 spiro atoms. The first kappa shape index (κ1) is 18.1. The molecule has 26 heavy (non-hydrogen) atoms. The zero-order valence-electron chi connectivity index (χ0n) is 15.4. The van der Waals surface area contributed by atoms with Gasteiger partial charge in [-0.3, -0.25) is 10.1 Å². The van der Waals surface area contributed by atoms with Crippen molar-refractivity contribution in [3.8, 4) is 11.6 Å². The second kappa shape index (κ2) is 7.68. The highest BCUT2D eigenvalue weighted by Gasteiger charge is 2.32. The van der Waals surface area contributed by atoms with E-state index in [2.05, 4.69) is 16.9 Å². The van der Waals surface area contributed by atoms with E-state index in [-0.39, 0.29) is 17.6 Å². The van der Waals surface area contributed by atoms with Crippen LogP contribution in [0.1, 0.15) is 43.7 Å². The molecule has 1 fully saturated rings. The molecule has 1 aliphatic rings. The number of ether oxygens (including phenoxy) is 1. The molecule has 1 aliphatic heterocycles. The SMILES string of the molecule is CCC1CCCCN1c1ncnc(Oc2cc(C)cc(C)c2)c1[N+](=O)[O-]. The van der Waals surface area contributed by atoms with Crippen LogP contribution in [-0.2, 0) is 0 Å². The van der Waals surface area contributed by atoms with Gasteiger partial charge in [-0.1, -0.05) is 13.0 Å². The van der Waals surface area contributed by atoms with Crippen molar-refractivity contribution >= 4 is 11.5 Å². The predicted octanol–water partition coefficient (Wildman–Crippen LogP) is 4.56. The summed E-state index contributed by atoms with van der Waals surface area (Å²) >= 11 is 0. The number of piperidine rings is 1. The Kier molecular flexibility index (Phi) is 5.35. The molecule has 7 nitrogen and oxygen atoms in total. The van der Waals surface area contributed by atoms with Crippen molar-refractivity contribution in [1.29, 1.82) is 0 Å². The smallest absolute Gasteiger partial charge is 0.373 e. The quantitative estimate of drug-likeness (QED) is 0.577. The van der Waals surface area contributed by atoms with Crippen LogP contribution in [0.4, 0.5) is 11.5 Å². The van der Waals surface area contributed by atoms with Crippen LogP contribution in [0.5, 0.6) is 11.6 Å². The van der Waals surface area contributed by atoms with E-state index < -0.39 is 4.92 Å².